The topological polar surface area (TPSA) is 44.8 Å². The van der Waals surface area contributed by atoms with Gasteiger partial charge in [-0.05, 0) is 42.0 Å². The van der Waals surface area contributed by atoms with Gasteiger partial charge in [0.05, 0.1) is 12.7 Å². The van der Waals surface area contributed by atoms with Crippen molar-refractivity contribution < 1.29 is 23.4 Å². The number of fused-ring (bicyclic) bond motifs is 1. The highest BCUT2D eigenvalue weighted by Gasteiger charge is 2.28. The van der Waals surface area contributed by atoms with Gasteiger partial charge in [0.2, 0.25) is 5.78 Å². The number of Topliss-reactive ketones (excluding diaryl/α,β-unsaturated/α-hetero) is 1. The lowest BCUT2D eigenvalue weighted by Crippen LogP contribution is -1.98. The van der Waals surface area contributed by atoms with Crippen molar-refractivity contribution >= 4 is 11.9 Å². The summed E-state index contributed by atoms with van der Waals surface area (Å²) in [5, 5.41) is 0. The highest BCUT2D eigenvalue weighted by molar-refractivity contribution is 6.14. The predicted octanol–water partition coefficient (Wildman–Crippen LogP) is 5.03. The minimum absolute atomic E-state index is 0.0880. The summed E-state index contributed by atoms with van der Waals surface area (Å²) in [6.45, 7) is 0.349. The van der Waals surface area contributed by atoms with Gasteiger partial charge in [-0.3, -0.25) is 4.79 Å². The minimum atomic E-state index is -0.412. The molecule has 0 N–H and O–H groups in total. The third-order valence-electron chi connectivity index (χ3n) is 4.37. The Morgan fingerprint density at radius 3 is 2.68 bits per heavy atom. The Bertz CT molecular complexity index is 1070. The van der Waals surface area contributed by atoms with E-state index < -0.39 is 5.82 Å². The van der Waals surface area contributed by atoms with Crippen LogP contribution in [0.5, 0.6) is 17.2 Å². The van der Waals surface area contributed by atoms with E-state index in [9.17, 15) is 9.18 Å². The second kappa shape index (κ2) is 7.56. The van der Waals surface area contributed by atoms with Gasteiger partial charge in [-0.2, -0.15) is 0 Å². The van der Waals surface area contributed by atoms with Gasteiger partial charge in [-0.15, -0.1) is 0 Å². The van der Waals surface area contributed by atoms with Crippen molar-refractivity contribution in [3.63, 3.8) is 0 Å². The summed E-state index contributed by atoms with van der Waals surface area (Å²) in [7, 11) is 1.61. The number of benzene rings is 3. The fraction of sp³-hybridized carbons (Fsp3) is 0.0870. The van der Waals surface area contributed by atoms with Crippen molar-refractivity contribution in [2.75, 3.05) is 7.11 Å². The average molecular weight is 376 g/mol. The van der Waals surface area contributed by atoms with Crippen LogP contribution in [0.2, 0.25) is 0 Å². The van der Waals surface area contributed by atoms with Crippen LogP contribution in [0.25, 0.3) is 6.08 Å². The molecule has 0 aromatic heterocycles. The number of halogens is 1. The van der Waals surface area contributed by atoms with Gasteiger partial charge in [0, 0.05) is 11.6 Å². The molecule has 1 aliphatic heterocycles. The maximum atomic E-state index is 13.8. The zero-order chi connectivity index (χ0) is 19.5. The molecule has 0 bridgehead atoms. The number of allylic oxidation sites excluding steroid dienone is 1. The molecule has 0 amide bonds. The van der Waals surface area contributed by atoms with Crippen LogP contribution in [0, 0.1) is 5.82 Å². The smallest absolute Gasteiger partial charge is 0.231 e. The van der Waals surface area contributed by atoms with Gasteiger partial charge in [-0.1, -0.05) is 30.3 Å². The number of carbonyl (C=O) groups excluding carboxylic acids is 1. The van der Waals surface area contributed by atoms with Gasteiger partial charge in [0.1, 0.15) is 29.7 Å². The Morgan fingerprint density at radius 2 is 1.86 bits per heavy atom. The molecule has 1 aliphatic rings. The van der Waals surface area contributed by atoms with E-state index in [1.54, 1.807) is 43.5 Å². The van der Waals surface area contributed by atoms with Crippen LogP contribution in [-0.2, 0) is 6.61 Å². The number of ketones is 1. The van der Waals surface area contributed by atoms with Crippen molar-refractivity contribution in [2.45, 2.75) is 6.61 Å². The van der Waals surface area contributed by atoms with Crippen molar-refractivity contribution in [3.8, 4) is 17.2 Å². The first kappa shape index (κ1) is 17.8. The highest BCUT2D eigenvalue weighted by Crippen LogP contribution is 2.35. The molecule has 4 rings (SSSR count). The van der Waals surface area contributed by atoms with Crippen LogP contribution >= 0.6 is 0 Å². The minimum Gasteiger partial charge on any atom is -0.497 e. The normalized spacial score (nSPS) is 13.9. The van der Waals surface area contributed by atoms with E-state index in [4.69, 9.17) is 14.2 Å². The quantitative estimate of drug-likeness (QED) is 0.586. The molecule has 0 fully saturated rings. The monoisotopic (exact) mass is 376 g/mol. The largest absolute Gasteiger partial charge is 0.497 e. The SMILES string of the molecule is COc1cccc(COc2ccc3c(c2)OC(=Cc2ccccc2F)C3=O)c1. The first-order valence-corrected chi connectivity index (χ1v) is 8.72. The second-order valence-electron chi connectivity index (χ2n) is 6.26. The van der Waals surface area contributed by atoms with Gasteiger partial charge in [-0.25, -0.2) is 4.39 Å². The highest BCUT2D eigenvalue weighted by atomic mass is 19.1. The maximum Gasteiger partial charge on any atom is 0.231 e. The van der Waals surface area contributed by atoms with Crippen molar-refractivity contribution in [1.82, 2.24) is 0 Å². The molecule has 0 radical (unpaired) electrons. The van der Waals surface area contributed by atoms with Crippen LogP contribution in [0.1, 0.15) is 21.5 Å². The van der Waals surface area contributed by atoms with Crippen molar-refractivity contribution in [3.05, 3.63) is 95.0 Å². The van der Waals surface area contributed by atoms with E-state index in [-0.39, 0.29) is 11.5 Å². The Kier molecular flexibility index (Phi) is 4.81. The molecule has 5 heteroatoms. The Morgan fingerprint density at radius 1 is 1.00 bits per heavy atom. The lowest BCUT2D eigenvalue weighted by atomic mass is 10.1. The molecule has 0 saturated heterocycles. The van der Waals surface area contributed by atoms with Gasteiger partial charge in [0.15, 0.2) is 5.76 Å². The van der Waals surface area contributed by atoms with E-state index in [1.165, 1.54) is 12.1 Å². The van der Waals surface area contributed by atoms with E-state index >= 15 is 0 Å². The molecular weight excluding hydrogens is 359 g/mol. The molecule has 0 atom stereocenters. The number of carbonyl (C=O) groups is 1. The van der Waals surface area contributed by atoms with Crippen molar-refractivity contribution in [1.29, 1.82) is 0 Å². The summed E-state index contributed by atoms with van der Waals surface area (Å²) in [6.07, 6.45) is 1.41. The van der Waals surface area contributed by atoms with E-state index in [1.807, 2.05) is 24.3 Å². The average Bonchev–Trinajstić information content (AvgIpc) is 3.03. The molecule has 28 heavy (non-hydrogen) atoms. The van der Waals surface area contributed by atoms with Crippen molar-refractivity contribution in [2.24, 2.45) is 0 Å². The summed E-state index contributed by atoms with van der Waals surface area (Å²) in [6, 6.07) is 18.8. The third-order valence-corrected chi connectivity index (χ3v) is 4.37. The summed E-state index contributed by atoms with van der Waals surface area (Å²) >= 11 is 0. The van der Waals surface area contributed by atoms with E-state index in [0.717, 1.165) is 11.3 Å². The summed E-state index contributed by atoms with van der Waals surface area (Å²) in [5.41, 5.74) is 1.68. The molecule has 0 aliphatic carbocycles. The van der Waals surface area contributed by atoms with E-state index in [2.05, 4.69) is 0 Å². The lowest BCUT2D eigenvalue weighted by molar-refractivity contribution is 0.101. The van der Waals surface area contributed by atoms with Crippen LogP contribution in [0.3, 0.4) is 0 Å². The standard InChI is InChI=1S/C23H17FO4/c1-26-17-7-4-5-15(11-17)14-27-18-9-10-19-21(13-18)28-22(23(19)25)12-16-6-2-3-8-20(16)24/h2-13H,14H2,1H3. The molecule has 0 unspecified atom stereocenters. The molecule has 4 nitrogen and oxygen atoms in total. The Labute approximate surface area is 161 Å². The summed E-state index contributed by atoms with van der Waals surface area (Å²) in [4.78, 5) is 12.5. The van der Waals surface area contributed by atoms with Crippen LogP contribution in [-0.4, -0.2) is 12.9 Å². The number of ether oxygens (including phenoxy) is 3. The predicted molar refractivity (Wildman–Crippen MR) is 103 cm³/mol. The fourth-order valence-corrected chi connectivity index (χ4v) is 2.92. The number of hydrogen-bond donors (Lipinski definition) is 0. The van der Waals surface area contributed by atoms with Crippen LogP contribution in [0.4, 0.5) is 4.39 Å². The number of methoxy groups -OCH3 is 1. The number of rotatable bonds is 5. The Hall–Kier alpha value is -3.60. The first-order valence-electron chi connectivity index (χ1n) is 8.72. The van der Waals surface area contributed by atoms with Crippen LogP contribution in [0.15, 0.2) is 72.5 Å². The maximum absolute atomic E-state index is 13.8. The van der Waals surface area contributed by atoms with E-state index in [0.29, 0.717) is 29.2 Å². The molecular formula is C23H17FO4. The third kappa shape index (κ3) is 3.60. The lowest BCUT2D eigenvalue weighted by Gasteiger charge is -2.08. The van der Waals surface area contributed by atoms with Gasteiger partial charge in [0.25, 0.3) is 0 Å². The molecule has 0 spiro atoms. The molecule has 0 saturated carbocycles. The zero-order valence-electron chi connectivity index (χ0n) is 15.1. The summed E-state index contributed by atoms with van der Waals surface area (Å²) < 4.78 is 30.5. The molecule has 3 aromatic rings. The number of hydrogen-bond acceptors (Lipinski definition) is 4. The molecule has 1 heterocycles. The fourth-order valence-electron chi connectivity index (χ4n) is 2.92. The molecule has 140 valence electrons. The van der Waals surface area contributed by atoms with Crippen LogP contribution < -0.4 is 14.2 Å². The van der Waals surface area contributed by atoms with Gasteiger partial charge < -0.3 is 14.2 Å². The second-order valence-corrected chi connectivity index (χ2v) is 6.26. The Balaban J connectivity index is 1.51. The van der Waals surface area contributed by atoms with Gasteiger partial charge >= 0.3 is 0 Å². The molecule has 3 aromatic carbocycles. The summed E-state index contributed by atoms with van der Waals surface area (Å²) in [5.74, 6) is 1.12. The zero-order valence-corrected chi connectivity index (χ0v) is 15.1. The first-order chi connectivity index (χ1) is 13.6.